The van der Waals surface area contributed by atoms with Gasteiger partial charge in [0.25, 0.3) is 0 Å². The molecule has 1 aromatic rings. The molecule has 2 unspecified atom stereocenters. The fraction of sp³-hybridized carbons (Fsp3) is 0.600. The molecule has 2 amide bonds. The van der Waals surface area contributed by atoms with Crippen LogP contribution in [0.2, 0.25) is 0 Å². The second-order valence-electron chi connectivity index (χ2n) is 5.63. The Hall–Kier alpha value is -1.56. The third kappa shape index (κ3) is 6.62. The molecular weight excluding hydrogens is 288 g/mol. The molecule has 0 aliphatic carbocycles. The topological polar surface area (TPSA) is 78.4 Å². The van der Waals surface area contributed by atoms with Crippen molar-refractivity contribution in [1.29, 1.82) is 0 Å². The summed E-state index contributed by atoms with van der Waals surface area (Å²) in [5.74, 6) is -0.402. The Morgan fingerprint density at radius 1 is 1.24 bits per heavy atom. The highest BCUT2D eigenvalue weighted by molar-refractivity contribution is 7.10. The van der Waals surface area contributed by atoms with Crippen molar-refractivity contribution < 1.29 is 14.7 Å². The standard InChI is InChI=1S/C15H24N2O3S/c1-10(2)6-4-7-11(3)16-15(20)17-13(14(18)19)12-8-5-9-21-12/h5,8-11,13H,4,6-7H2,1-3H3,(H,18,19)(H2,16,17,20). The van der Waals surface area contributed by atoms with E-state index in [-0.39, 0.29) is 6.04 Å². The van der Waals surface area contributed by atoms with Crippen molar-refractivity contribution >= 4 is 23.3 Å². The number of rotatable bonds is 8. The lowest BCUT2D eigenvalue weighted by molar-refractivity contribution is -0.139. The number of hydrogen-bond acceptors (Lipinski definition) is 3. The number of aliphatic carboxylic acids is 1. The van der Waals surface area contributed by atoms with Crippen LogP contribution in [0.5, 0.6) is 0 Å². The van der Waals surface area contributed by atoms with Gasteiger partial charge in [-0.15, -0.1) is 11.3 Å². The van der Waals surface area contributed by atoms with E-state index < -0.39 is 18.0 Å². The van der Waals surface area contributed by atoms with E-state index in [0.717, 1.165) is 19.3 Å². The highest BCUT2D eigenvalue weighted by atomic mass is 32.1. The quantitative estimate of drug-likeness (QED) is 0.688. The Kier molecular flexibility index (Phi) is 7.22. The van der Waals surface area contributed by atoms with E-state index in [9.17, 15) is 14.7 Å². The number of urea groups is 1. The number of carbonyl (C=O) groups is 2. The van der Waals surface area contributed by atoms with Crippen molar-refractivity contribution in [1.82, 2.24) is 10.6 Å². The zero-order chi connectivity index (χ0) is 15.8. The summed E-state index contributed by atoms with van der Waals surface area (Å²) in [7, 11) is 0. The van der Waals surface area contributed by atoms with Crippen molar-refractivity contribution in [3.05, 3.63) is 22.4 Å². The van der Waals surface area contributed by atoms with Crippen LogP contribution in [0.3, 0.4) is 0 Å². The van der Waals surface area contributed by atoms with Gasteiger partial charge in [-0.2, -0.15) is 0 Å². The normalized spacial score (nSPS) is 13.7. The molecule has 1 heterocycles. The van der Waals surface area contributed by atoms with E-state index in [2.05, 4.69) is 24.5 Å². The molecule has 0 saturated carbocycles. The lowest BCUT2D eigenvalue weighted by Crippen LogP contribution is -2.44. The molecule has 21 heavy (non-hydrogen) atoms. The van der Waals surface area contributed by atoms with Crippen LogP contribution in [0.15, 0.2) is 17.5 Å². The molecule has 0 aromatic carbocycles. The Balaban J connectivity index is 2.42. The molecule has 5 nitrogen and oxygen atoms in total. The maximum absolute atomic E-state index is 11.9. The Bertz CT molecular complexity index is 446. The van der Waals surface area contributed by atoms with Gasteiger partial charge in [0, 0.05) is 10.9 Å². The smallest absolute Gasteiger partial charge is 0.331 e. The maximum atomic E-state index is 11.9. The molecule has 0 saturated heterocycles. The number of carboxylic acid groups (broad SMARTS) is 1. The molecule has 0 bridgehead atoms. The Morgan fingerprint density at radius 3 is 2.48 bits per heavy atom. The number of carboxylic acids is 1. The summed E-state index contributed by atoms with van der Waals surface area (Å²) in [5, 5.41) is 16.3. The third-order valence-corrected chi connectivity index (χ3v) is 4.08. The van der Waals surface area contributed by atoms with Gasteiger partial charge in [-0.05, 0) is 30.7 Å². The highest BCUT2D eigenvalue weighted by Crippen LogP contribution is 2.19. The van der Waals surface area contributed by atoms with Gasteiger partial charge in [-0.3, -0.25) is 0 Å². The van der Waals surface area contributed by atoms with Crippen molar-refractivity contribution in [2.24, 2.45) is 5.92 Å². The van der Waals surface area contributed by atoms with Gasteiger partial charge in [-0.1, -0.05) is 32.8 Å². The molecule has 118 valence electrons. The Labute approximate surface area is 129 Å². The number of carbonyl (C=O) groups excluding carboxylic acids is 1. The molecule has 0 fully saturated rings. The van der Waals surface area contributed by atoms with Gasteiger partial charge in [0.15, 0.2) is 6.04 Å². The number of thiophene rings is 1. The molecular formula is C15H24N2O3S. The van der Waals surface area contributed by atoms with Crippen LogP contribution in [0.1, 0.15) is 51.0 Å². The van der Waals surface area contributed by atoms with Gasteiger partial charge in [0.05, 0.1) is 0 Å². The first-order valence-electron chi connectivity index (χ1n) is 7.23. The fourth-order valence-electron chi connectivity index (χ4n) is 2.01. The molecule has 6 heteroatoms. The first-order chi connectivity index (χ1) is 9.90. The summed E-state index contributed by atoms with van der Waals surface area (Å²) in [6.45, 7) is 6.27. The fourth-order valence-corrected chi connectivity index (χ4v) is 2.78. The maximum Gasteiger partial charge on any atom is 0.331 e. The van der Waals surface area contributed by atoms with Gasteiger partial charge < -0.3 is 15.7 Å². The predicted octanol–water partition coefficient (Wildman–Crippen LogP) is 3.39. The molecule has 0 spiro atoms. The molecule has 0 radical (unpaired) electrons. The molecule has 2 atom stereocenters. The van der Waals surface area contributed by atoms with E-state index in [0.29, 0.717) is 10.8 Å². The van der Waals surface area contributed by atoms with Crippen LogP contribution in [-0.2, 0) is 4.79 Å². The van der Waals surface area contributed by atoms with Gasteiger partial charge in [-0.25, -0.2) is 9.59 Å². The molecule has 0 aliphatic heterocycles. The van der Waals surface area contributed by atoms with E-state index in [1.807, 2.05) is 6.92 Å². The third-order valence-electron chi connectivity index (χ3n) is 3.15. The lowest BCUT2D eigenvalue weighted by Gasteiger charge is -2.18. The van der Waals surface area contributed by atoms with E-state index in [1.54, 1.807) is 17.5 Å². The second kappa shape index (κ2) is 8.67. The van der Waals surface area contributed by atoms with Crippen molar-refractivity contribution in [2.45, 2.75) is 52.1 Å². The number of nitrogens with one attached hydrogen (secondary N) is 2. The minimum absolute atomic E-state index is 0.0292. The Morgan fingerprint density at radius 2 is 1.95 bits per heavy atom. The summed E-state index contributed by atoms with van der Waals surface area (Å²) in [4.78, 5) is 23.7. The summed E-state index contributed by atoms with van der Waals surface area (Å²) < 4.78 is 0. The minimum Gasteiger partial charge on any atom is -0.479 e. The summed E-state index contributed by atoms with van der Waals surface area (Å²) >= 11 is 1.31. The van der Waals surface area contributed by atoms with Crippen LogP contribution < -0.4 is 10.6 Å². The van der Waals surface area contributed by atoms with Crippen LogP contribution in [0, 0.1) is 5.92 Å². The molecule has 0 aliphatic rings. The predicted molar refractivity (Wildman–Crippen MR) is 84.5 cm³/mol. The number of amides is 2. The van der Waals surface area contributed by atoms with Gasteiger partial charge >= 0.3 is 12.0 Å². The van der Waals surface area contributed by atoms with Gasteiger partial charge in [0.1, 0.15) is 0 Å². The SMILES string of the molecule is CC(C)CCCC(C)NC(=O)NC(C(=O)O)c1cccs1. The average molecular weight is 312 g/mol. The zero-order valence-electron chi connectivity index (χ0n) is 12.8. The molecule has 1 rings (SSSR count). The first kappa shape index (κ1) is 17.5. The lowest BCUT2D eigenvalue weighted by atomic mass is 10.0. The average Bonchev–Trinajstić information content (AvgIpc) is 2.88. The molecule has 1 aromatic heterocycles. The van der Waals surface area contributed by atoms with E-state index in [1.165, 1.54) is 11.3 Å². The largest absolute Gasteiger partial charge is 0.479 e. The van der Waals surface area contributed by atoms with Gasteiger partial charge in [0.2, 0.25) is 0 Å². The highest BCUT2D eigenvalue weighted by Gasteiger charge is 2.23. The van der Waals surface area contributed by atoms with E-state index >= 15 is 0 Å². The van der Waals surface area contributed by atoms with Crippen molar-refractivity contribution in [3.63, 3.8) is 0 Å². The first-order valence-corrected chi connectivity index (χ1v) is 8.11. The van der Waals surface area contributed by atoms with Crippen LogP contribution in [0.25, 0.3) is 0 Å². The van der Waals surface area contributed by atoms with E-state index in [4.69, 9.17) is 0 Å². The second-order valence-corrected chi connectivity index (χ2v) is 6.61. The van der Waals surface area contributed by atoms with Crippen LogP contribution >= 0.6 is 11.3 Å². The summed E-state index contributed by atoms with van der Waals surface area (Å²) in [5.41, 5.74) is 0. The minimum atomic E-state index is -1.06. The zero-order valence-corrected chi connectivity index (χ0v) is 13.6. The van der Waals surface area contributed by atoms with Crippen molar-refractivity contribution in [3.8, 4) is 0 Å². The molecule has 3 N–H and O–H groups in total. The van der Waals surface area contributed by atoms with Crippen LogP contribution in [0.4, 0.5) is 4.79 Å². The van der Waals surface area contributed by atoms with Crippen molar-refractivity contribution in [2.75, 3.05) is 0 Å². The summed E-state index contributed by atoms with van der Waals surface area (Å²) in [6, 6.07) is 2.07. The monoisotopic (exact) mass is 312 g/mol. The van der Waals surface area contributed by atoms with Crippen LogP contribution in [-0.4, -0.2) is 23.1 Å². The summed E-state index contributed by atoms with van der Waals surface area (Å²) in [6.07, 6.45) is 3.06. The number of hydrogen-bond donors (Lipinski definition) is 3.